The van der Waals surface area contributed by atoms with Crippen LogP contribution in [0.2, 0.25) is 0 Å². The van der Waals surface area contributed by atoms with E-state index in [1.165, 1.54) is 0 Å². The molecule has 0 radical (unpaired) electrons. The molecule has 29 heavy (non-hydrogen) atoms. The predicted octanol–water partition coefficient (Wildman–Crippen LogP) is 3.07. The zero-order valence-corrected chi connectivity index (χ0v) is 17.7. The molecule has 1 heterocycles. The van der Waals surface area contributed by atoms with Crippen LogP contribution in [-0.4, -0.2) is 68.3 Å². The molecule has 0 spiro atoms. The predicted molar refractivity (Wildman–Crippen MR) is 115 cm³/mol. The Balaban J connectivity index is 1.87. The van der Waals surface area contributed by atoms with E-state index >= 15 is 0 Å². The summed E-state index contributed by atoms with van der Waals surface area (Å²) >= 11 is 0. The van der Waals surface area contributed by atoms with E-state index in [0.29, 0.717) is 13.1 Å². The molecular weight excluding hydrogens is 386 g/mol. The average molecular weight is 414 g/mol. The molecule has 1 aliphatic rings. The quantitative estimate of drug-likeness (QED) is 0.756. The van der Waals surface area contributed by atoms with E-state index in [2.05, 4.69) is 4.90 Å². The molecule has 7 heteroatoms. The molecule has 0 aromatic heterocycles. The summed E-state index contributed by atoms with van der Waals surface area (Å²) in [6, 6.07) is 15.7. The molecule has 2 aromatic carbocycles. The molecule has 0 N–H and O–H groups in total. The van der Waals surface area contributed by atoms with Crippen LogP contribution in [0.5, 0.6) is 0 Å². The van der Waals surface area contributed by atoms with E-state index < -0.39 is 16.1 Å². The molecule has 2 amide bonds. The van der Waals surface area contributed by atoms with Gasteiger partial charge < -0.3 is 9.80 Å². The maximum atomic E-state index is 13.3. The van der Waals surface area contributed by atoms with E-state index in [1.54, 1.807) is 35.2 Å². The van der Waals surface area contributed by atoms with Gasteiger partial charge in [0.25, 0.3) is 10.0 Å². The Kier molecular flexibility index (Phi) is 6.71. The van der Waals surface area contributed by atoms with Gasteiger partial charge in [-0.3, -0.25) is 0 Å². The van der Waals surface area contributed by atoms with E-state index in [0.717, 1.165) is 28.5 Å². The zero-order valence-electron chi connectivity index (χ0n) is 16.9. The second-order valence-electron chi connectivity index (χ2n) is 7.24. The molecule has 1 saturated heterocycles. The number of nitrogens with zero attached hydrogens (tertiary/aromatic N) is 3. The van der Waals surface area contributed by atoms with Crippen molar-refractivity contribution in [1.82, 2.24) is 14.1 Å². The van der Waals surface area contributed by atoms with Crippen LogP contribution in [0.25, 0.3) is 6.08 Å². The number of hydrogen-bond donors (Lipinski definition) is 0. The Morgan fingerprint density at radius 3 is 2.24 bits per heavy atom. The number of aryl methyl sites for hydroxylation is 1. The molecule has 1 fully saturated rings. The summed E-state index contributed by atoms with van der Waals surface area (Å²) in [5.74, 6) is 0. The van der Waals surface area contributed by atoms with Crippen LogP contribution >= 0.6 is 0 Å². The second-order valence-corrected chi connectivity index (χ2v) is 9.10. The van der Waals surface area contributed by atoms with Crippen LogP contribution in [-0.2, 0) is 10.0 Å². The first kappa shape index (κ1) is 21.1. The minimum absolute atomic E-state index is 0.0176. The summed E-state index contributed by atoms with van der Waals surface area (Å²) < 4.78 is 27.5. The molecule has 0 bridgehead atoms. The number of urea groups is 1. The fourth-order valence-corrected chi connectivity index (χ4v) is 4.46. The van der Waals surface area contributed by atoms with E-state index in [9.17, 15) is 13.2 Å². The zero-order chi connectivity index (χ0) is 20.9. The number of piperazine rings is 1. The van der Waals surface area contributed by atoms with Gasteiger partial charge in [-0.25, -0.2) is 17.5 Å². The first-order chi connectivity index (χ1) is 13.9. The summed E-state index contributed by atoms with van der Waals surface area (Å²) in [7, 11) is -1.97. The molecule has 0 saturated carbocycles. The summed E-state index contributed by atoms with van der Waals surface area (Å²) in [5.41, 5.74) is 1.91. The Labute approximate surface area is 173 Å². The SMILES string of the molecule is Cc1ccc(S(=O)(=O)N(C/C=C/c2ccccc2)C(=O)N2CCN(C)CC2)cc1. The summed E-state index contributed by atoms with van der Waals surface area (Å²) in [6.45, 7) is 4.35. The van der Waals surface area contributed by atoms with Crippen molar-refractivity contribution in [1.29, 1.82) is 0 Å². The van der Waals surface area contributed by atoms with Gasteiger partial charge in [0, 0.05) is 26.2 Å². The number of carbonyl (C=O) groups excluding carboxylic acids is 1. The van der Waals surface area contributed by atoms with Gasteiger partial charge in [-0.15, -0.1) is 0 Å². The number of sulfonamides is 1. The largest absolute Gasteiger partial charge is 0.334 e. The Bertz CT molecular complexity index is 949. The minimum atomic E-state index is -3.96. The average Bonchev–Trinajstić information content (AvgIpc) is 2.72. The molecule has 6 nitrogen and oxygen atoms in total. The highest BCUT2D eigenvalue weighted by Crippen LogP contribution is 2.19. The molecule has 1 aliphatic heterocycles. The molecule has 154 valence electrons. The van der Waals surface area contributed by atoms with Crippen molar-refractivity contribution in [2.45, 2.75) is 11.8 Å². The molecule has 0 unspecified atom stereocenters. The summed E-state index contributed by atoms with van der Waals surface area (Å²) in [5, 5.41) is 0. The third-order valence-corrected chi connectivity index (χ3v) is 6.73. The van der Waals surface area contributed by atoms with Gasteiger partial charge in [0.15, 0.2) is 0 Å². The van der Waals surface area contributed by atoms with Crippen molar-refractivity contribution in [2.24, 2.45) is 0 Å². The van der Waals surface area contributed by atoms with Crippen LogP contribution in [0.1, 0.15) is 11.1 Å². The summed E-state index contributed by atoms with van der Waals surface area (Å²) in [6.07, 6.45) is 3.55. The Morgan fingerprint density at radius 1 is 1.00 bits per heavy atom. The normalized spacial score (nSPS) is 15.6. The van der Waals surface area contributed by atoms with Gasteiger partial charge in [0.2, 0.25) is 0 Å². The van der Waals surface area contributed by atoms with Gasteiger partial charge in [-0.2, -0.15) is 0 Å². The van der Waals surface area contributed by atoms with Gasteiger partial charge in [-0.05, 0) is 31.7 Å². The highest BCUT2D eigenvalue weighted by atomic mass is 32.2. The molecule has 2 aromatic rings. The summed E-state index contributed by atoms with van der Waals surface area (Å²) in [4.78, 5) is 17.0. The number of benzene rings is 2. The van der Waals surface area contributed by atoms with Gasteiger partial charge in [0.1, 0.15) is 0 Å². The molecule has 0 atom stereocenters. The topological polar surface area (TPSA) is 60.9 Å². The number of likely N-dealkylation sites (N-methyl/N-ethyl adjacent to an activating group) is 1. The van der Waals surface area contributed by atoms with Crippen LogP contribution in [0, 0.1) is 6.92 Å². The van der Waals surface area contributed by atoms with Crippen LogP contribution in [0.15, 0.2) is 65.6 Å². The number of carbonyl (C=O) groups is 1. The van der Waals surface area contributed by atoms with Crippen molar-refractivity contribution < 1.29 is 13.2 Å². The monoisotopic (exact) mass is 413 g/mol. The lowest BCUT2D eigenvalue weighted by molar-refractivity contribution is 0.142. The van der Waals surface area contributed by atoms with Crippen molar-refractivity contribution in [3.63, 3.8) is 0 Å². The standard InChI is InChI=1S/C22H27N3O3S/c1-19-10-12-21(13-11-19)29(27,28)25(14-6-9-20-7-4-3-5-8-20)22(26)24-17-15-23(2)16-18-24/h3-13H,14-18H2,1-2H3/b9-6+. The van der Waals surface area contributed by atoms with Crippen LogP contribution in [0.3, 0.4) is 0 Å². The number of amides is 2. The maximum Gasteiger partial charge on any atom is 0.334 e. The smallest absolute Gasteiger partial charge is 0.321 e. The Morgan fingerprint density at radius 2 is 1.62 bits per heavy atom. The van der Waals surface area contributed by atoms with Gasteiger partial charge >= 0.3 is 6.03 Å². The lowest BCUT2D eigenvalue weighted by Gasteiger charge is -2.35. The lowest BCUT2D eigenvalue weighted by atomic mass is 10.2. The third kappa shape index (κ3) is 5.25. The molecule has 3 rings (SSSR count). The minimum Gasteiger partial charge on any atom is -0.321 e. The Hall–Kier alpha value is -2.64. The van der Waals surface area contributed by atoms with Crippen LogP contribution < -0.4 is 0 Å². The fourth-order valence-electron chi connectivity index (χ4n) is 3.12. The molecule has 0 aliphatic carbocycles. The second kappa shape index (κ2) is 9.24. The maximum absolute atomic E-state index is 13.3. The number of rotatable bonds is 5. The first-order valence-corrected chi connectivity index (χ1v) is 11.1. The van der Waals surface area contributed by atoms with Crippen molar-refractivity contribution >= 4 is 22.1 Å². The third-order valence-electron chi connectivity index (χ3n) is 4.98. The fraction of sp³-hybridized carbons (Fsp3) is 0.318. The van der Waals surface area contributed by atoms with E-state index in [1.807, 2.05) is 50.4 Å². The van der Waals surface area contributed by atoms with Crippen LogP contribution in [0.4, 0.5) is 4.79 Å². The lowest BCUT2D eigenvalue weighted by Crippen LogP contribution is -2.53. The first-order valence-electron chi connectivity index (χ1n) is 9.66. The van der Waals surface area contributed by atoms with Crippen molar-refractivity contribution in [2.75, 3.05) is 39.8 Å². The van der Waals surface area contributed by atoms with Gasteiger partial charge in [0.05, 0.1) is 11.4 Å². The number of hydrogen-bond acceptors (Lipinski definition) is 4. The highest BCUT2D eigenvalue weighted by Gasteiger charge is 2.32. The van der Waals surface area contributed by atoms with E-state index in [4.69, 9.17) is 0 Å². The van der Waals surface area contributed by atoms with Crippen molar-refractivity contribution in [3.8, 4) is 0 Å². The van der Waals surface area contributed by atoms with Gasteiger partial charge in [-0.1, -0.05) is 60.2 Å². The van der Waals surface area contributed by atoms with E-state index in [-0.39, 0.29) is 11.4 Å². The molecular formula is C22H27N3O3S. The van der Waals surface area contributed by atoms with Crippen molar-refractivity contribution in [3.05, 3.63) is 71.8 Å². The highest BCUT2D eigenvalue weighted by molar-refractivity contribution is 7.89.